The van der Waals surface area contributed by atoms with E-state index in [1.165, 1.54) is 24.4 Å². The molecular formula is C34H34F3N5O4. The molecule has 2 N–H and O–H groups in total. The SMILES string of the molecule is CCc1c(F)ccc2cc(O)cc(-c3ncc4c(N5CC6C(CC(=O)O)C6C5)nc(OC[C@@]56CCCN5C[C@H](F)C6)nc4c3F)c12. The van der Waals surface area contributed by atoms with Gasteiger partial charge in [0.1, 0.15) is 41.4 Å². The second kappa shape index (κ2) is 10.7. The highest BCUT2D eigenvalue weighted by molar-refractivity contribution is 6.01. The van der Waals surface area contributed by atoms with E-state index in [1.54, 1.807) is 6.07 Å². The first-order chi connectivity index (χ1) is 22.2. The van der Waals surface area contributed by atoms with Crippen LogP contribution < -0.4 is 9.64 Å². The fraction of sp³-hybridized carbons (Fsp3) is 0.471. The highest BCUT2D eigenvalue weighted by Gasteiger charge is 2.56. The van der Waals surface area contributed by atoms with E-state index in [-0.39, 0.29) is 59.3 Å². The van der Waals surface area contributed by atoms with Gasteiger partial charge in [-0.2, -0.15) is 9.97 Å². The molecule has 46 heavy (non-hydrogen) atoms. The number of halogens is 3. The third-order valence-corrected chi connectivity index (χ3v) is 10.7. The lowest BCUT2D eigenvalue weighted by molar-refractivity contribution is -0.137. The molecule has 2 aromatic heterocycles. The van der Waals surface area contributed by atoms with E-state index >= 15 is 4.39 Å². The van der Waals surface area contributed by atoms with Gasteiger partial charge in [0.2, 0.25) is 0 Å². The Kier molecular flexibility index (Phi) is 6.79. The van der Waals surface area contributed by atoms with E-state index in [9.17, 15) is 23.8 Å². The van der Waals surface area contributed by atoms with Crippen molar-refractivity contribution in [1.29, 1.82) is 0 Å². The molecule has 8 rings (SSSR count). The lowest BCUT2D eigenvalue weighted by atomic mass is 9.94. The third-order valence-electron chi connectivity index (χ3n) is 10.7. The number of fused-ring (bicyclic) bond motifs is 4. The minimum Gasteiger partial charge on any atom is -0.508 e. The zero-order valence-electron chi connectivity index (χ0n) is 25.3. The summed E-state index contributed by atoms with van der Waals surface area (Å²) in [7, 11) is 0. The Morgan fingerprint density at radius 3 is 2.72 bits per heavy atom. The second-order valence-electron chi connectivity index (χ2n) is 13.3. The molecule has 4 aliphatic rings. The number of pyridine rings is 1. The van der Waals surface area contributed by atoms with Crippen molar-refractivity contribution < 1.29 is 32.9 Å². The molecule has 4 fully saturated rings. The highest BCUT2D eigenvalue weighted by Crippen LogP contribution is 2.55. The molecule has 240 valence electrons. The number of rotatable bonds is 8. The first-order valence-corrected chi connectivity index (χ1v) is 15.9. The zero-order chi connectivity index (χ0) is 31.9. The van der Waals surface area contributed by atoms with E-state index in [1.807, 2.05) is 11.8 Å². The molecule has 0 amide bonds. The van der Waals surface area contributed by atoms with Gasteiger partial charge in [-0.05, 0) is 78.1 Å². The van der Waals surface area contributed by atoms with E-state index in [0.717, 1.165) is 19.4 Å². The molecule has 3 aliphatic heterocycles. The number of carboxylic acid groups (broad SMARTS) is 1. The number of carboxylic acids is 1. The fourth-order valence-corrected chi connectivity index (χ4v) is 8.52. The minimum absolute atomic E-state index is 0.0332. The predicted molar refractivity (Wildman–Crippen MR) is 165 cm³/mol. The lowest BCUT2D eigenvalue weighted by Gasteiger charge is -2.31. The third kappa shape index (κ3) is 4.63. The number of aromatic hydroxyl groups is 1. The smallest absolute Gasteiger partial charge is 0.319 e. The van der Waals surface area contributed by atoms with Crippen LogP contribution in [0.4, 0.5) is 19.0 Å². The summed E-state index contributed by atoms with van der Waals surface area (Å²) in [6.45, 7) is 4.26. The van der Waals surface area contributed by atoms with Crippen LogP contribution in [0.2, 0.25) is 0 Å². The van der Waals surface area contributed by atoms with Crippen LogP contribution >= 0.6 is 0 Å². The number of aliphatic carboxylic acids is 1. The Balaban J connectivity index is 1.23. The molecule has 3 saturated heterocycles. The lowest BCUT2D eigenvalue weighted by Crippen LogP contribution is -2.43. The first kappa shape index (κ1) is 29.2. The molecule has 5 heterocycles. The average molecular weight is 634 g/mol. The molecule has 9 nitrogen and oxygen atoms in total. The molecular weight excluding hydrogens is 599 g/mol. The van der Waals surface area contributed by atoms with Crippen LogP contribution in [0.15, 0.2) is 30.5 Å². The molecule has 1 aliphatic carbocycles. The van der Waals surface area contributed by atoms with Gasteiger partial charge < -0.3 is 19.8 Å². The van der Waals surface area contributed by atoms with Crippen LogP contribution in [0.3, 0.4) is 0 Å². The fourth-order valence-electron chi connectivity index (χ4n) is 8.52. The standard InChI is InChI=1S/C34H34F3N5O4/c1-2-20-26(36)5-4-17-8-19(43)9-22(28(17)20)30-29(37)31-23(12-38-30)32(41-14-24-21(10-27(44)45)25(24)15-41)40-33(39-31)46-16-34-6-3-7-42(34)13-18(35)11-34/h4-5,8-9,12,18,21,24-25,43H,2-3,6-7,10-11,13-16H2,1H3,(H,44,45)/t18-,21?,24?,25?,34+/m1/s1. The number of hydrogen-bond donors (Lipinski definition) is 2. The van der Waals surface area contributed by atoms with Crippen molar-refractivity contribution >= 4 is 33.5 Å². The van der Waals surface area contributed by atoms with Crippen molar-refractivity contribution in [2.45, 2.75) is 50.7 Å². The Morgan fingerprint density at radius 1 is 1.15 bits per heavy atom. The van der Waals surface area contributed by atoms with Gasteiger partial charge in [0.05, 0.1) is 10.9 Å². The van der Waals surface area contributed by atoms with Gasteiger partial charge in [-0.15, -0.1) is 0 Å². The molecule has 2 unspecified atom stereocenters. The number of nitrogens with zero attached hydrogens (tertiary/aromatic N) is 5. The Morgan fingerprint density at radius 2 is 1.96 bits per heavy atom. The summed E-state index contributed by atoms with van der Waals surface area (Å²) in [6.07, 6.45) is 3.11. The van der Waals surface area contributed by atoms with Crippen LogP contribution in [-0.4, -0.2) is 80.5 Å². The number of aryl methyl sites for hydroxylation is 1. The maximum absolute atomic E-state index is 16.8. The number of aromatic nitrogens is 3. The van der Waals surface area contributed by atoms with Gasteiger partial charge in [-0.3, -0.25) is 14.7 Å². The summed E-state index contributed by atoms with van der Waals surface area (Å²) in [5.41, 5.74) is 0.0467. The zero-order valence-corrected chi connectivity index (χ0v) is 25.3. The van der Waals surface area contributed by atoms with E-state index < -0.39 is 29.3 Å². The van der Waals surface area contributed by atoms with E-state index in [2.05, 4.69) is 14.9 Å². The summed E-state index contributed by atoms with van der Waals surface area (Å²) in [6, 6.07) is 5.74. The van der Waals surface area contributed by atoms with Crippen LogP contribution in [-0.2, 0) is 11.2 Å². The predicted octanol–water partition coefficient (Wildman–Crippen LogP) is 5.50. The van der Waals surface area contributed by atoms with Gasteiger partial charge in [0.25, 0.3) is 0 Å². The summed E-state index contributed by atoms with van der Waals surface area (Å²) >= 11 is 0. The average Bonchev–Trinajstić information content (AvgIpc) is 3.36. The number of ether oxygens (including phenoxy) is 1. The Bertz CT molecular complexity index is 1900. The molecule has 0 radical (unpaired) electrons. The largest absolute Gasteiger partial charge is 0.508 e. The normalized spacial score (nSPS) is 27.0. The van der Waals surface area contributed by atoms with Crippen molar-refractivity contribution in [2.75, 3.05) is 37.7 Å². The van der Waals surface area contributed by atoms with Crippen LogP contribution in [0.1, 0.15) is 38.2 Å². The quantitative estimate of drug-likeness (QED) is 0.260. The van der Waals surface area contributed by atoms with Crippen molar-refractivity contribution in [3.05, 3.63) is 47.7 Å². The Labute approximate surface area is 263 Å². The summed E-state index contributed by atoms with van der Waals surface area (Å²) in [5, 5.41) is 21.2. The minimum atomic E-state index is -0.937. The van der Waals surface area contributed by atoms with Crippen molar-refractivity contribution in [3.63, 3.8) is 0 Å². The first-order valence-electron chi connectivity index (χ1n) is 15.9. The molecule has 2 aromatic carbocycles. The second-order valence-corrected chi connectivity index (χ2v) is 13.3. The molecule has 4 aromatic rings. The molecule has 1 saturated carbocycles. The van der Waals surface area contributed by atoms with Crippen molar-refractivity contribution in [2.24, 2.45) is 17.8 Å². The number of carbonyl (C=O) groups is 1. The summed E-state index contributed by atoms with van der Waals surface area (Å²) < 4.78 is 52.3. The summed E-state index contributed by atoms with van der Waals surface area (Å²) in [4.78, 5) is 29.2. The number of benzene rings is 2. The van der Waals surface area contributed by atoms with Gasteiger partial charge >= 0.3 is 12.0 Å². The number of piperidine rings is 1. The topological polar surface area (TPSA) is 112 Å². The van der Waals surface area contributed by atoms with E-state index in [0.29, 0.717) is 60.0 Å². The number of alkyl halides is 1. The van der Waals surface area contributed by atoms with Crippen molar-refractivity contribution in [3.8, 4) is 23.0 Å². The maximum Gasteiger partial charge on any atom is 0.319 e. The van der Waals surface area contributed by atoms with Crippen LogP contribution in [0.25, 0.3) is 32.9 Å². The van der Waals surface area contributed by atoms with Gasteiger partial charge in [0.15, 0.2) is 5.82 Å². The molecule has 4 atom stereocenters. The maximum atomic E-state index is 16.8. The van der Waals surface area contributed by atoms with Gasteiger partial charge in [-0.25, -0.2) is 13.2 Å². The van der Waals surface area contributed by atoms with Crippen LogP contribution in [0.5, 0.6) is 11.8 Å². The molecule has 0 bridgehead atoms. The number of phenolic OH excluding ortho intramolecular Hbond substituents is 1. The van der Waals surface area contributed by atoms with Gasteiger partial charge in [0, 0.05) is 44.2 Å². The number of anilines is 1. The van der Waals surface area contributed by atoms with Crippen LogP contribution in [0, 0.1) is 29.4 Å². The number of hydrogen-bond acceptors (Lipinski definition) is 8. The van der Waals surface area contributed by atoms with E-state index in [4.69, 9.17) is 9.72 Å². The molecule has 12 heteroatoms. The number of phenols is 1. The highest BCUT2D eigenvalue weighted by atomic mass is 19.1. The molecule has 0 spiro atoms. The van der Waals surface area contributed by atoms with Crippen molar-refractivity contribution in [1.82, 2.24) is 19.9 Å². The Hall–Kier alpha value is -4.19. The summed E-state index contributed by atoms with van der Waals surface area (Å²) in [5.74, 6) is -1.17. The monoisotopic (exact) mass is 633 g/mol. The van der Waals surface area contributed by atoms with Gasteiger partial charge in [-0.1, -0.05) is 13.0 Å².